The Balaban J connectivity index is 2.38. The Labute approximate surface area is 183 Å². The van der Waals surface area contributed by atoms with E-state index in [-0.39, 0.29) is 11.6 Å². The van der Waals surface area contributed by atoms with Gasteiger partial charge in [0, 0.05) is 11.1 Å². The molecule has 0 aromatic carbocycles. The number of carbonyl (C=O) groups excluding carboxylic acids is 2. The van der Waals surface area contributed by atoms with Gasteiger partial charge in [-0.3, -0.25) is 9.59 Å². The number of hydrogen-bond donors (Lipinski definition) is 1. The third-order valence-electron chi connectivity index (χ3n) is 5.56. The highest BCUT2D eigenvalue weighted by molar-refractivity contribution is 6.19. The van der Waals surface area contributed by atoms with Crippen LogP contribution < -0.4 is 0 Å². The van der Waals surface area contributed by atoms with Gasteiger partial charge in [0.05, 0.1) is 5.60 Å². The molecule has 1 aliphatic carbocycles. The molecule has 0 heterocycles. The third-order valence-corrected chi connectivity index (χ3v) is 5.56. The molecule has 0 radical (unpaired) electrons. The van der Waals surface area contributed by atoms with Crippen LogP contribution in [0.4, 0.5) is 0 Å². The minimum Gasteiger partial charge on any atom is -0.390 e. The Morgan fingerprint density at radius 2 is 1.47 bits per heavy atom. The zero-order valence-electron chi connectivity index (χ0n) is 19.8. The Bertz CT molecular complexity index is 766. The summed E-state index contributed by atoms with van der Waals surface area (Å²) in [6.07, 6.45) is 16.3. The van der Waals surface area contributed by atoms with Gasteiger partial charge in [-0.1, -0.05) is 34.9 Å². The molecule has 0 aromatic rings. The van der Waals surface area contributed by atoms with Crippen molar-refractivity contribution >= 4 is 11.6 Å². The zero-order valence-corrected chi connectivity index (χ0v) is 19.8. The van der Waals surface area contributed by atoms with Gasteiger partial charge in [-0.15, -0.1) is 0 Å². The predicted octanol–water partition coefficient (Wildman–Crippen LogP) is 6.74. The minimum absolute atomic E-state index is 0.0784. The third kappa shape index (κ3) is 10.7. The normalized spacial score (nSPS) is 17.4. The summed E-state index contributed by atoms with van der Waals surface area (Å²) < 4.78 is 0. The van der Waals surface area contributed by atoms with E-state index in [4.69, 9.17) is 0 Å². The van der Waals surface area contributed by atoms with E-state index in [9.17, 15) is 14.7 Å². The van der Waals surface area contributed by atoms with E-state index in [0.29, 0.717) is 30.4 Å². The van der Waals surface area contributed by atoms with Crippen molar-refractivity contribution in [1.29, 1.82) is 0 Å². The molecule has 0 saturated heterocycles. The summed E-state index contributed by atoms with van der Waals surface area (Å²) in [5, 5.41) is 10.7. The largest absolute Gasteiger partial charge is 0.390 e. The Morgan fingerprint density at radius 1 is 0.900 bits per heavy atom. The van der Waals surface area contributed by atoms with Crippen molar-refractivity contribution < 1.29 is 14.7 Å². The number of rotatable bonds is 12. The first-order chi connectivity index (χ1) is 14.0. The SMILES string of the molecule is CC(C)=CCC/C(C)=C/CC/C(C)=C/CCC(C)(O)CCC1=CC(=O)C=C(C)C1=O. The van der Waals surface area contributed by atoms with Crippen LogP contribution in [0.25, 0.3) is 0 Å². The lowest BCUT2D eigenvalue weighted by molar-refractivity contribution is -0.115. The lowest BCUT2D eigenvalue weighted by Gasteiger charge is -2.23. The van der Waals surface area contributed by atoms with Crippen molar-refractivity contribution in [2.45, 2.75) is 98.5 Å². The first kappa shape index (κ1) is 26.0. The molecule has 0 bridgehead atoms. The van der Waals surface area contributed by atoms with E-state index in [1.807, 2.05) is 6.92 Å². The fraction of sp³-hybridized carbons (Fsp3) is 0.556. The molecular formula is C27H40O3. The highest BCUT2D eigenvalue weighted by Crippen LogP contribution is 2.25. The number of hydrogen-bond acceptors (Lipinski definition) is 3. The predicted molar refractivity (Wildman–Crippen MR) is 126 cm³/mol. The molecule has 0 fully saturated rings. The van der Waals surface area contributed by atoms with E-state index >= 15 is 0 Å². The summed E-state index contributed by atoms with van der Waals surface area (Å²) in [5.41, 5.74) is 4.31. The van der Waals surface area contributed by atoms with Crippen molar-refractivity contribution in [3.63, 3.8) is 0 Å². The quantitative estimate of drug-likeness (QED) is 0.285. The van der Waals surface area contributed by atoms with E-state index in [1.54, 1.807) is 6.92 Å². The molecule has 0 amide bonds. The lowest BCUT2D eigenvalue weighted by Crippen LogP contribution is -2.25. The molecule has 166 valence electrons. The van der Waals surface area contributed by atoms with Gasteiger partial charge in [-0.25, -0.2) is 0 Å². The summed E-state index contributed by atoms with van der Waals surface area (Å²) in [5.74, 6) is -0.216. The van der Waals surface area contributed by atoms with Crippen LogP contribution in [-0.2, 0) is 9.59 Å². The van der Waals surface area contributed by atoms with Gasteiger partial charge in [-0.05, 0) is 105 Å². The van der Waals surface area contributed by atoms with Gasteiger partial charge in [-0.2, -0.15) is 0 Å². The molecular weight excluding hydrogens is 372 g/mol. The van der Waals surface area contributed by atoms with Crippen molar-refractivity contribution in [3.8, 4) is 0 Å². The Kier molecular flexibility index (Phi) is 11.0. The molecule has 3 nitrogen and oxygen atoms in total. The van der Waals surface area contributed by atoms with Crippen molar-refractivity contribution in [2.75, 3.05) is 0 Å². The molecule has 1 rings (SSSR count). The number of aliphatic hydroxyl groups is 1. The molecule has 0 aliphatic heterocycles. The van der Waals surface area contributed by atoms with E-state index in [0.717, 1.165) is 32.1 Å². The standard InChI is InChI=1S/C27H40O3/c1-20(2)10-7-11-21(3)12-8-13-22(4)14-9-16-27(6,30)17-15-24-19-25(28)18-23(5)26(24)29/h10,12,14,18-19,30H,7-9,11,13,15-17H2,1-6H3/b21-12+,22-14+. The Hall–Kier alpha value is -2.00. The molecule has 0 saturated carbocycles. The molecule has 0 spiro atoms. The number of ketones is 2. The molecule has 3 heteroatoms. The fourth-order valence-electron chi connectivity index (χ4n) is 3.49. The topological polar surface area (TPSA) is 54.4 Å². The average Bonchev–Trinajstić information content (AvgIpc) is 2.63. The van der Waals surface area contributed by atoms with Crippen molar-refractivity contribution in [2.24, 2.45) is 0 Å². The second-order valence-electron chi connectivity index (χ2n) is 9.22. The van der Waals surface area contributed by atoms with Crippen molar-refractivity contribution in [3.05, 3.63) is 58.2 Å². The van der Waals surface area contributed by atoms with Gasteiger partial charge in [0.2, 0.25) is 0 Å². The maximum absolute atomic E-state index is 12.1. The van der Waals surface area contributed by atoms with Crippen LogP contribution in [0.2, 0.25) is 0 Å². The van der Waals surface area contributed by atoms with Gasteiger partial charge in [0.1, 0.15) is 0 Å². The summed E-state index contributed by atoms with van der Waals surface area (Å²) in [6.45, 7) is 12.1. The summed E-state index contributed by atoms with van der Waals surface area (Å²) >= 11 is 0. The van der Waals surface area contributed by atoms with E-state index in [2.05, 4.69) is 45.9 Å². The second-order valence-corrected chi connectivity index (χ2v) is 9.22. The van der Waals surface area contributed by atoms with Gasteiger partial charge < -0.3 is 5.11 Å². The van der Waals surface area contributed by atoms with Crippen LogP contribution >= 0.6 is 0 Å². The highest BCUT2D eigenvalue weighted by atomic mass is 16.3. The molecule has 1 unspecified atom stereocenters. The molecule has 1 aliphatic rings. The number of carbonyl (C=O) groups is 2. The Morgan fingerprint density at radius 3 is 2.07 bits per heavy atom. The zero-order chi connectivity index (χ0) is 22.7. The lowest BCUT2D eigenvalue weighted by atomic mass is 9.87. The fourth-order valence-corrected chi connectivity index (χ4v) is 3.49. The van der Waals surface area contributed by atoms with Crippen LogP contribution in [0.15, 0.2) is 58.2 Å². The minimum atomic E-state index is -0.850. The van der Waals surface area contributed by atoms with Crippen LogP contribution in [0.3, 0.4) is 0 Å². The maximum atomic E-state index is 12.1. The van der Waals surface area contributed by atoms with E-state index < -0.39 is 5.60 Å². The van der Waals surface area contributed by atoms with Crippen molar-refractivity contribution in [1.82, 2.24) is 0 Å². The number of allylic oxidation sites excluding steroid dienone is 10. The summed E-state index contributed by atoms with van der Waals surface area (Å²) in [4.78, 5) is 23.8. The van der Waals surface area contributed by atoms with Gasteiger partial charge in [0.15, 0.2) is 11.6 Å². The summed E-state index contributed by atoms with van der Waals surface area (Å²) in [7, 11) is 0. The first-order valence-electron chi connectivity index (χ1n) is 11.1. The average molecular weight is 413 g/mol. The molecule has 30 heavy (non-hydrogen) atoms. The van der Waals surface area contributed by atoms with Crippen LogP contribution in [0, 0.1) is 0 Å². The van der Waals surface area contributed by atoms with E-state index in [1.165, 1.54) is 28.9 Å². The molecule has 1 N–H and O–H groups in total. The molecule has 1 atom stereocenters. The second kappa shape index (κ2) is 12.6. The maximum Gasteiger partial charge on any atom is 0.184 e. The monoisotopic (exact) mass is 412 g/mol. The van der Waals surface area contributed by atoms with Gasteiger partial charge in [0.25, 0.3) is 0 Å². The first-order valence-corrected chi connectivity index (χ1v) is 11.1. The summed E-state index contributed by atoms with van der Waals surface area (Å²) in [6, 6.07) is 0. The van der Waals surface area contributed by atoms with Gasteiger partial charge >= 0.3 is 0 Å². The smallest absolute Gasteiger partial charge is 0.184 e. The number of Topliss-reactive ketones (excluding diaryl/α,β-unsaturated/α-hetero) is 1. The van der Waals surface area contributed by atoms with Crippen LogP contribution in [-0.4, -0.2) is 22.3 Å². The highest BCUT2D eigenvalue weighted by Gasteiger charge is 2.24. The van der Waals surface area contributed by atoms with Crippen LogP contribution in [0.5, 0.6) is 0 Å². The molecule has 0 aromatic heterocycles. The van der Waals surface area contributed by atoms with Crippen LogP contribution in [0.1, 0.15) is 92.9 Å².